The van der Waals surface area contributed by atoms with Crippen LogP contribution in [0.15, 0.2) is 49.3 Å². The number of carbonyl (C=O) groups is 1. The summed E-state index contributed by atoms with van der Waals surface area (Å²) in [6, 6.07) is 6.88. The first-order valence-corrected chi connectivity index (χ1v) is 7.17. The molecule has 25 heavy (non-hydrogen) atoms. The molecule has 10 nitrogen and oxygen atoms in total. The number of nitrogens with zero attached hydrogens (tertiary/aromatic N) is 5. The molecule has 0 unspecified atom stereocenters. The molecule has 0 atom stereocenters. The molecular weight excluding hydrogens is 326 g/mol. The largest absolute Gasteiger partial charge is 0.355 e. The minimum atomic E-state index is -0.629. The number of hydrazine groups is 1. The Labute approximate surface area is 141 Å². The Morgan fingerprint density at radius 1 is 1.24 bits per heavy atom. The Kier molecular flexibility index (Phi) is 4.33. The number of hydrogen-bond donors (Lipinski definition) is 2. The molecule has 0 saturated carbocycles. The number of benzene rings is 1. The Balaban J connectivity index is 1.85. The Morgan fingerprint density at radius 2 is 2.00 bits per heavy atom. The standard InChI is InChI=1S/C15H13N7O3/c1-10-2-4-11(5-3-10)15(23)20-19-13-12(22(24)25)14(18-8-17-13)21-7-6-16-9-21/h2-9H,1H3,(H,20,23)(H,17,18,19). The third-order valence-corrected chi connectivity index (χ3v) is 3.34. The monoisotopic (exact) mass is 339 g/mol. The maximum atomic E-state index is 12.1. The molecule has 0 radical (unpaired) electrons. The SMILES string of the molecule is Cc1ccc(C(=O)NNc2ncnc(-n3ccnc3)c2[N+](=O)[O-])cc1. The van der Waals surface area contributed by atoms with Gasteiger partial charge in [0.15, 0.2) is 0 Å². The quantitative estimate of drug-likeness (QED) is 0.534. The Hall–Kier alpha value is -3.82. The zero-order valence-electron chi connectivity index (χ0n) is 13.1. The molecule has 2 heterocycles. The van der Waals surface area contributed by atoms with Crippen molar-refractivity contribution in [3.05, 3.63) is 70.6 Å². The van der Waals surface area contributed by atoms with E-state index in [2.05, 4.69) is 25.8 Å². The number of nitrogens with one attached hydrogen (secondary N) is 2. The molecule has 3 aromatic rings. The molecule has 0 fully saturated rings. The molecule has 1 aromatic carbocycles. The first kappa shape index (κ1) is 16.1. The lowest BCUT2D eigenvalue weighted by Gasteiger charge is -2.10. The number of nitro groups is 1. The van der Waals surface area contributed by atoms with Gasteiger partial charge in [-0.15, -0.1) is 0 Å². The van der Waals surface area contributed by atoms with Gasteiger partial charge >= 0.3 is 5.69 Å². The third kappa shape index (κ3) is 3.42. The second-order valence-electron chi connectivity index (χ2n) is 5.07. The molecule has 10 heteroatoms. The van der Waals surface area contributed by atoms with Crippen LogP contribution in [0, 0.1) is 17.0 Å². The van der Waals surface area contributed by atoms with Gasteiger partial charge in [0.05, 0.1) is 4.92 Å². The second kappa shape index (κ2) is 6.74. The fourth-order valence-electron chi connectivity index (χ4n) is 2.10. The molecule has 0 aliphatic heterocycles. The van der Waals surface area contributed by atoms with E-state index in [4.69, 9.17) is 0 Å². The summed E-state index contributed by atoms with van der Waals surface area (Å²) in [6.07, 6.45) is 5.52. The first-order chi connectivity index (χ1) is 12.1. The van der Waals surface area contributed by atoms with Crippen LogP contribution in [0.4, 0.5) is 11.5 Å². The van der Waals surface area contributed by atoms with Gasteiger partial charge in [-0.25, -0.2) is 15.0 Å². The van der Waals surface area contributed by atoms with E-state index in [1.165, 1.54) is 23.3 Å². The van der Waals surface area contributed by atoms with Gasteiger partial charge < -0.3 is 0 Å². The van der Waals surface area contributed by atoms with Crippen LogP contribution in [0.25, 0.3) is 5.82 Å². The summed E-state index contributed by atoms with van der Waals surface area (Å²) in [4.78, 5) is 34.5. The zero-order valence-corrected chi connectivity index (χ0v) is 13.1. The number of anilines is 1. The van der Waals surface area contributed by atoms with Crippen molar-refractivity contribution in [1.82, 2.24) is 24.9 Å². The van der Waals surface area contributed by atoms with Crippen molar-refractivity contribution >= 4 is 17.4 Å². The molecule has 0 spiro atoms. The van der Waals surface area contributed by atoms with Crippen LogP contribution in [0.1, 0.15) is 15.9 Å². The van der Waals surface area contributed by atoms with Crippen molar-refractivity contribution in [3.63, 3.8) is 0 Å². The average molecular weight is 339 g/mol. The topological polar surface area (TPSA) is 128 Å². The van der Waals surface area contributed by atoms with Gasteiger partial charge in [0.25, 0.3) is 5.91 Å². The molecule has 1 amide bonds. The highest BCUT2D eigenvalue weighted by atomic mass is 16.6. The zero-order chi connectivity index (χ0) is 17.8. The number of aromatic nitrogens is 4. The van der Waals surface area contributed by atoms with E-state index < -0.39 is 10.8 Å². The molecule has 0 saturated heterocycles. The number of hydrogen-bond acceptors (Lipinski definition) is 7. The van der Waals surface area contributed by atoms with Crippen molar-refractivity contribution in [1.29, 1.82) is 0 Å². The molecule has 0 aliphatic carbocycles. The van der Waals surface area contributed by atoms with Crippen LogP contribution < -0.4 is 10.9 Å². The summed E-state index contributed by atoms with van der Waals surface area (Å²) in [5.74, 6) is -0.550. The molecule has 0 bridgehead atoms. The van der Waals surface area contributed by atoms with Crippen molar-refractivity contribution in [2.45, 2.75) is 6.92 Å². The van der Waals surface area contributed by atoms with E-state index in [0.717, 1.165) is 11.9 Å². The maximum absolute atomic E-state index is 12.1. The minimum absolute atomic E-state index is 0.0320. The molecule has 2 N–H and O–H groups in total. The van der Waals surface area contributed by atoms with Gasteiger partial charge in [-0.2, -0.15) is 0 Å². The lowest BCUT2D eigenvalue weighted by Crippen LogP contribution is -2.30. The normalized spacial score (nSPS) is 10.3. The summed E-state index contributed by atoms with van der Waals surface area (Å²) in [6.45, 7) is 1.90. The number of aryl methyl sites for hydroxylation is 1. The van der Waals surface area contributed by atoms with Gasteiger partial charge in [-0.1, -0.05) is 17.7 Å². The average Bonchev–Trinajstić information content (AvgIpc) is 3.14. The highest BCUT2D eigenvalue weighted by molar-refractivity contribution is 5.95. The lowest BCUT2D eigenvalue weighted by atomic mass is 10.1. The Morgan fingerprint density at radius 3 is 2.64 bits per heavy atom. The molecule has 126 valence electrons. The lowest BCUT2D eigenvalue weighted by molar-refractivity contribution is -0.384. The fourth-order valence-corrected chi connectivity index (χ4v) is 2.10. The molecule has 2 aromatic heterocycles. The summed E-state index contributed by atoms with van der Waals surface area (Å²) >= 11 is 0. The maximum Gasteiger partial charge on any atom is 0.355 e. The molecule has 3 rings (SSSR count). The van der Waals surface area contributed by atoms with E-state index in [-0.39, 0.29) is 17.3 Å². The van der Waals surface area contributed by atoms with Gasteiger partial charge in [-0.3, -0.25) is 30.3 Å². The van der Waals surface area contributed by atoms with E-state index in [1.807, 2.05) is 6.92 Å². The van der Waals surface area contributed by atoms with Crippen LogP contribution in [0.3, 0.4) is 0 Å². The van der Waals surface area contributed by atoms with Gasteiger partial charge in [0.2, 0.25) is 11.6 Å². The summed E-state index contributed by atoms with van der Waals surface area (Å²) in [5.41, 5.74) is 5.91. The van der Waals surface area contributed by atoms with Gasteiger partial charge in [0.1, 0.15) is 12.7 Å². The number of amides is 1. The van der Waals surface area contributed by atoms with Crippen LogP contribution in [0.5, 0.6) is 0 Å². The summed E-state index contributed by atoms with van der Waals surface area (Å²) in [5, 5.41) is 11.4. The highest BCUT2D eigenvalue weighted by Gasteiger charge is 2.24. The number of imidazole rings is 1. The predicted octanol–water partition coefficient (Wildman–Crippen LogP) is 1.64. The molecule has 0 aliphatic rings. The second-order valence-corrected chi connectivity index (χ2v) is 5.07. The smallest absolute Gasteiger partial charge is 0.285 e. The summed E-state index contributed by atoms with van der Waals surface area (Å²) in [7, 11) is 0. The first-order valence-electron chi connectivity index (χ1n) is 7.17. The fraction of sp³-hybridized carbons (Fsp3) is 0.0667. The number of rotatable bonds is 5. The van der Waals surface area contributed by atoms with Crippen LogP contribution in [-0.2, 0) is 0 Å². The van der Waals surface area contributed by atoms with Crippen LogP contribution >= 0.6 is 0 Å². The summed E-state index contributed by atoms with van der Waals surface area (Å²) < 4.78 is 1.38. The third-order valence-electron chi connectivity index (χ3n) is 3.34. The van der Waals surface area contributed by atoms with Crippen LogP contribution in [-0.4, -0.2) is 30.3 Å². The van der Waals surface area contributed by atoms with E-state index in [0.29, 0.717) is 5.56 Å². The Bertz CT molecular complexity index is 907. The minimum Gasteiger partial charge on any atom is -0.285 e. The van der Waals surface area contributed by atoms with E-state index in [1.54, 1.807) is 24.3 Å². The van der Waals surface area contributed by atoms with Gasteiger partial charge in [0, 0.05) is 18.0 Å². The van der Waals surface area contributed by atoms with Gasteiger partial charge in [-0.05, 0) is 19.1 Å². The van der Waals surface area contributed by atoms with Crippen molar-refractivity contribution in [2.24, 2.45) is 0 Å². The van der Waals surface area contributed by atoms with Crippen LogP contribution in [0.2, 0.25) is 0 Å². The highest BCUT2D eigenvalue weighted by Crippen LogP contribution is 2.26. The predicted molar refractivity (Wildman–Crippen MR) is 88.1 cm³/mol. The van der Waals surface area contributed by atoms with Crippen molar-refractivity contribution in [2.75, 3.05) is 5.43 Å². The van der Waals surface area contributed by atoms with E-state index >= 15 is 0 Å². The van der Waals surface area contributed by atoms with Crippen molar-refractivity contribution in [3.8, 4) is 5.82 Å². The number of carbonyl (C=O) groups excluding carboxylic acids is 1. The van der Waals surface area contributed by atoms with Crippen molar-refractivity contribution < 1.29 is 9.72 Å². The molecular formula is C15H13N7O3. The van der Waals surface area contributed by atoms with E-state index in [9.17, 15) is 14.9 Å².